The molecular weight excluding hydrogens is 273 g/mol. The van der Waals surface area contributed by atoms with Crippen LogP contribution < -0.4 is 10.6 Å². The Balaban J connectivity index is 2.32. The van der Waals surface area contributed by atoms with Gasteiger partial charge in [-0.15, -0.1) is 0 Å². The van der Waals surface area contributed by atoms with Crippen molar-refractivity contribution in [1.82, 2.24) is 15.5 Å². The zero-order chi connectivity index (χ0) is 15.7. The molecule has 0 radical (unpaired) electrons. The quantitative estimate of drug-likeness (QED) is 0.735. The summed E-state index contributed by atoms with van der Waals surface area (Å²) in [5.74, 6) is -1.85. The van der Waals surface area contributed by atoms with Crippen molar-refractivity contribution in [3.05, 3.63) is 35.6 Å². The van der Waals surface area contributed by atoms with Crippen LogP contribution in [0.2, 0.25) is 0 Å². The molecule has 0 fully saturated rings. The minimum atomic E-state index is -0.752. The molecule has 0 aromatic heterocycles. The molecule has 6 heteroatoms. The predicted molar refractivity (Wildman–Crippen MR) is 79.0 cm³/mol. The summed E-state index contributed by atoms with van der Waals surface area (Å²) >= 11 is 0. The Bertz CT molecular complexity index is 476. The molecule has 0 bridgehead atoms. The highest BCUT2D eigenvalue weighted by Crippen LogP contribution is 2.05. The van der Waals surface area contributed by atoms with E-state index in [0.717, 1.165) is 13.1 Å². The molecule has 0 aliphatic heterocycles. The third-order valence-corrected chi connectivity index (χ3v) is 3.21. The highest BCUT2D eigenvalue weighted by atomic mass is 19.1. The minimum Gasteiger partial charge on any atom is -0.347 e. The molecule has 2 N–H and O–H groups in total. The molecule has 2 amide bonds. The summed E-state index contributed by atoms with van der Waals surface area (Å²) in [6.07, 6.45) is 0. The van der Waals surface area contributed by atoms with Gasteiger partial charge in [0, 0.05) is 25.2 Å². The monoisotopic (exact) mass is 295 g/mol. The van der Waals surface area contributed by atoms with Gasteiger partial charge < -0.3 is 15.5 Å². The number of nitrogens with zero attached hydrogens (tertiary/aromatic N) is 1. The van der Waals surface area contributed by atoms with Crippen LogP contribution in [0.4, 0.5) is 4.39 Å². The molecule has 0 unspecified atom stereocenters. The molecule has 1 rings (SSSR count). The second kappa shape index (κ2) is 9.07. The molecule has 1 aromatic rings. The van der Waals surface area contributed by atoms with Crippen molar-refractivity contribution < 1.29 is 14.0 Å². The first kappa shape index (κ1) is 17.1. The lowest BCUT2D eigenvalue weighted by molar-refractivity contribution is -0.139. The normalized spacial score (nSPS) is 10.5. The fourth-order valence-corrected chi connectivity index (χ4v) is 1.85. The summed E-state index contributed by atoms with van der Waals surface area (Å²) in [6.45, 7) is 6.96. The van der Waals surface area contributed by atoms with Gasteiger partial charge in [0.15, 0.2) is 0 Å². The molecule has 0 saturated heterocycles. The predicted octanol–water partition coefficient (Wildman–Crippen LogP) is 0.900. The maximum Gasteiger partial charge on any atom is 0.309 e. The molecule has 0 saturated carbocycles. The van der Waals surface area contributed by atoms with Crippen LogP contribution in [-0.2, 0) is 16.1 Å². The first-order chi connectivity index (χ1) is 10.1. The molecule has 0 aliphatic carbocycles. The van der Waals surface area contributed by atoms with E-state index in [-0.39, 0.29) is 6.54 Å². The van der Waals surface area contributed by atoms with Crippen molar-refractivity contribution in [2.24, 2.45) is 0 Å². The van der Waals surface area contributed by atoms with E-state index in [9.17, 15) is 14.0 Å². The number of carbonyl (C=O) groups is 2. The Morgan fingerprint density at radius 1 is 1.10 bits per heavy atom. The fraction of sp³-hybridized carbons (Fsp3) is 0.467. The molecule has 21 heavy (non-hydrogen) atoms. The summed E-state index contributed by atoms with van der Waals surface area (Å²) in [5, 5.41) is 4.95. The third kappa shape index (κ3) is 5.91. The number of hydrogen-bond donors (Lipinski definition) is 2. The highest BCUT2D eigenvalue weighted by Gasteiger charge is 2.13. The number of carbonyl (C=O) groups excluding carboxylic acids is 2. The van der Waals surface area contributed by atoms with Crippen LogP contribution in [0.1, 0.15) is 19.4 Å². The standard InChI is InChI=1S/C15H22FN3O2/c1-3-19(4-2)10-9-17-14(20)15(21)18-11-12-7-5-6-8-13(12)16/h5-8H,3-4,9-11H2,1-2H3,(H,17,20)(H,18,21). The molecule has 0 heterocycles. The molecule has 116 valence electrons. The molecule has 0 atom stereocenters. The van der Waals surface area contributed by atoms with Crippen LogP contribution in [0.25, 0.3) is 0 Å². The first-order valence-corrected chi connectivity index (χ1v) is 7.10. The lowest BCUT2D eigenvalue weighted by Crippen LogP contribution is -2.42. The zero-order valence-corrected chi connectivity index (χ0v) is 12.5. The number of benzene rings is 1. The number of halogens is 1. The van der Waals surface area contributed by atoms with Crippen molar-refractivity contribution in [2.45, 2.75) is 20.4 Å². The van der Waals surface area contributed by atoms with E-state index in [1.165, 1.54) is 6.07 Å². The van der Waals surface area contributed by atoms with E-state index in [1.54, 1.807) is 18.2 Å². The Hall–Kier alpha value is -1.95. The van der Waals surface area contributed by atoms with Gasteiger partial charge in [-0.3, -0.25) is 9.59 Å². The number of likely N-dealkylation sites (N-methyl/N-ethyl adjacent to an activating group) is 1. The fourth-order valence-electron chi connectivity index (χ4n) is 1.85. The van der Waals surface area contributed by atoms with Gasteiger partial charge in [-0.2, -0.15) is 0 Å². The Kier molecular flexibility index (Phi) is 7.39. The highest BCUT2D eigenvalue weighted by molar-refractivity contribution is 6.35. The average Bonchev–Trinajstić information content (AvgIpc) is 2.50. The molecule has 5 nitrogen and oxygen atoms in total. The van der Waals surface area contributed by atoms with Crippen LogP contribution in [0, 0.1) is 5.82 Å². The van der Waals surface area contributed by atoms with Crippen molar-refractivity contribution in [2.75, 3.05) is 26.2 Å². The SMILES string of the molecule is CCN(CC)CCNC(=O)C(=O)NCc1ccccc1F. The van der Waals surface area contributed by atoms with E-state index in [4.69, 9.17) is 0 Å². The maximum absolute atomic E-state index is 13.4. The Morgan fingerprint density at radius 2 is 1.71 bits per heavy atom. The summed E-state index contributed by atoms with van der Waals surface area (Å²) in [4.78, 5) is 25.3. The van der Waals surface area contributed by atoms with Crippen LogP contribution in [-0.4, -0.2) is 42.9 Å². The van der Waals surface area contributed by atoms with Crippen LogP contribution >= 0.6 is 0 Å². The van der Waals surface area contributed by atoms with Crippen LogP contribution in [0.3, 0.4) is 0 Å². The molecule has 1 aromatic carbocycles. The van der Waals surface area contributed by atoms with Gasteiger partial charge >= 0.3 is 11.8 Å². The van der Waals surface area contributed by atoms with E-state index >= 15 is 0 Å². The first-order valence-electron chi connectivity index (χ1n) is 7.10. The molecule has 0 spiro atoms. The maximum atomic E-state index is 13.4. The summed E-state index contributed by atoms with van der Waals surface area (Å²) in [6, 6.07) is 6.12. The van der Waals surface area contributed by atoms with Gasteiger partial charge in [-0.1, -0.05) is 32.0 Å². The second-order valence-corrected chi connectivity index (χ2v) is 4.56. The summed E-state index contributed by atoms with van der Waals surface area (Å²) < 4.78 is 13.4. The second-order valence-electron chi connectivity index (χ2n) is 4.56. The average molecular weight is 295 g/mol. The van der Waals surface area contributed by atoms with E-state index < -0.39 is 17.6 Å². The topological polar surface area (TPSA) is 61.4 Å². The molecular formula is C15H22FN3O2. The Morgan fingerprint density at radius 3 is 2.33 bits per heavy atom. The lowest BCUT2D eigenvalue weighted by atomic mass is 10.2. The third-order valence-electron chi connectivity index (χ3n) is 3.21. The number of nitrogens with one attached hydrogen (secondary N) is 2. The summed E-state index contributed by atoms with van der Waals surface area (Å²) in [5.41, 5.74) is 0.349. The van der Waals surface area contributed by atoms with Gasteiger partial charge in [0.1, 0.15) is 5.82 Å². The summed E-state index contributed by atoms with van der Waals surface area (Å²) in [7, 11) is 0. The van der Waals surface area contributed by atoms with Gasteiger partial charge in [-0.25, -0.2) is 4.39 Å². The van der Waals surface area contributed by atoms with Crippen LogP contribution in [0.5, 0.6) is 0 Å². The zero-order valence-electron chi connectivity index (χ0n) is 12.5. The van der Waals surface area contributed by atoms with E-state index in [2.05, 4.69) is 15.5 Å². The minimum absolute atomic E-state index is 0.00499. The van der Waals surface area contributed by atoms with E-state index in [1.807, 2.05) is 13.8 Å². The van der Waals surface area contributed by atoms with Gasteiger partial charge in [-0.05, 0) is 19.2 Å². The smallest absolute Gasteiger partial charge is 0.309 e. The van der Waals surface area contributed by atoms with Gasteiger partial charge in [0.25, 0.3) is 0 Å². The van der Waals surface area contributed by atoms with Gasteiger partial charge in [0.05, 0.1) is 0 Å². The van der Waals surface area contributed by atoms with E-state index in [0.29, 0.717) is 18.7 Å². The van der Waals surface area contributed by atoms with Crippen molar-refractivity contribution >= 4 is 11.8 Å². The molecule has 0 aliphatic rings. The Labute approximate surface area is 124 Å². The lowest BCUT2D eigenvalue weighted by Gasteiger charge is -2.17. The largest absolute Gasteiger partial charge is 0.347 e. The number of rotatable bonds is 7. The van der Waals surface area contributed by atoms with Gasteiger partial charge in [0.2, 0.25) is 0 Å². The van der Waals surface area contributed by atoms with Crippen molar-refractivity contribution in [3.8, 4) is 0 Å². The number of amides is 2. The number of hydrogen-bond acceptors (Lipinski definition) is 3. The van der Waals surface area contributed by atoms with Crippen molar-refractivity contribution in [3.63, 3.8) is 0 Å². The van der Waals surface area contributed by atoms with Crippen molar-refractivity contribution in [1.29, 1.82) is 0 Å². The van der Waals surface area contributed by atoms with Crippen LogP contribution in [0.15, 0.2) is 24.3 Å².